The Kier molecular flexibility index (Phi) is 4.21. The number of hydrogen-bond donors (Lipinski definition) is 0. The van der Waals surface area contributed by atoms with Crippen molar-refractivity contribution in [1.82, 2.24) is 0 Å². The van der Waals surface area contributed by atoms with Crippen molar-refractivity contribution in [2.24, 2.45) is 0 Å². The van der Waals surface area contributed by atoms with Crippen molar-refractivity contribution in [3.63, 3.8) is 0 Å². The average molecular weight is 322 g/mol. The van der Waals surface area contributed by atoms with Gasteiger partial charge in [0.05, 0.1) is 5.56 Å². The Hall–Kier alpha value is -2.88. The van der Waals surface area contributed by atoms with Crippen LogP contribution in [0.5, 0.6) is 11.5 Å². The molecule has 0 aliphatic carbocycles. The summed E-state index contributed by atoms with van der Waals surface area (Å²) in [6.07, 6.45) is 1.74. The van der Waals surface area contributed by atoms with E-state index in [0.717, 1.165) is 16.7 Å². The predicted molar refractivity (Wildman–Crippen MR) is 91.5 cm³/mol. The maximum Gasteiger partial charge on any atom is 0.231 e. The lowest BCUT2D eigenvalue weighted by molar-refractivity contribution is -0.118. The Morgan fingerprint density at radius 3 is 2.71 bits per heavy atom. The van der Waals surface area contributed by atoms with E-state index in [4.69, 9.17) is 9.47 Å². The summed E-state index contributed by atoms with van der Waals surface area (Å²) in [5.74, 6) is 1.13. The zero-order valence-corrected chi connectivity index (χ0v) is 13.9. The molecule has 4 heteroatoms. The van der Waals surface area contributed by atoms with Gasteiger partial charge >= 0.3 is 0 Å². The molecule has 3 rings (SSSR count). The molecule has 0 N–H and O–H groups in total. The molecule has 2 aromatic rings. The second-order valence-electron chi connectivity index (χ2n) is 5.91. The van der Waals surface area contributed by atoms with Crippen LogP contribution in [0.2, 0.25) is 0 Å². The van der Waals surface area contributed by atoms with Crippen LogP contribution >= 0.6 is 0 Å². The maximum atomic E-state index is 12.5. The summed E-state index contributed by atoms with van der Waals surface area (Å²) < 4.78 is 11.3. The van der Waals surface area contributed by atoms with Crippen LogP contribution in [0.1, 0.15) is 34.0 Å². The van der Waals surface area contributed by atoms with Gasteiger partial charge in [0.15, 0.2) is 11.5 Å². The molecule has 0 saturated carbocycles. The Balaban J connectivity index is 1.92. The molecule has 0 amide bonds. The monoisotopic (exact) mass is 322 g/mol. The summed E-state index contributed by atoms with van der Waals surface area (Å²) in [6, 6.07) is 11.2. The zero-order chi connectivity index (χ0) is 17.3. The standard InChI is InChI=1S/C20H18O4/c1-12-5-4-6-15(9-12)10-18-19(22)16-7-8-17(23-11-13(2)21)14(3)20(16)24-18/h4-10H,11H2,1-3H3/b18-10-. The molecule has 1 aliphatic heterocycles. The van der Waals surface area contributed by atoms with Crippen LogP contribution < -0.4 is 9.47 Å². The Morgan fingerprint density at radius 2 is 2.00 bits per heavy atom. The molecule has 1 heterocycles. The lowest BCUT2D eigenvalue weighted by Gasteiger charge is -2.10. The Labute approximate surface area is 140 Å². The molecule has 0 bridgehead atoms. The van der Waals surface area contributed by atoms with E-state index in [2.05, 4.69) is 0 Å². The number of allylic oxidation sites excluding steroid dienone is 1. The number of aryl methyl sites for hydroxylation is 1. The van der Waals surface area contributed by atoms with Crippen LogP contribution in [-0.4, -0.2) is 18.2 Å². The molecular formula is C20H18O4. The largest absolute Gasteiger partial charge is 0.485 e. The third-order valence-electron chi connectivity index (χ3n) is 3.81. The lowest BCUT2D eigenvalue weighted by atomic mass is 10.1. The highest BCUT2D eigenvalue weighted by atomic mass is 16.5. The number of carbonyl (C=O) groups is 2. The molecule has 0 unspecified atom stereocenters. The van der Waals surface area contributed by atoms with Crippen molar-refractivity contribution in [2.45, 2.75) is 20.8 Å². The molecule has 0 spiro atoms. The van der Waals surface area contributed by atoms with Crippen molar-refractivity contribution >= 4 is 17.6 Å². The summed E-state index contributed by atoms with van der Waals surface area (Å²) in [5, 5.41) is 0. The third-order valence-corrected chi connectivity index (χ3v) is 3.81. The Bertz CT molecular complexity index is 862. The van der Waals surface area contributed by atoms with E-state index < -0.39 is 0 Å². The molecule has 0 radical (unpaired) electrons. The van der Waals surface area contributed by atoms with Crippen LogP contribution in [0.15, 0.2) is 42.2 Å². The van der Waals surface area contributed by atoms with Crippen LogP contribution in [0, 0.1) is 13.8 Å². The number of ether oxygens (including phenoxy) is 2. The molecule has 1 aliphatic rings. The normalized spacial score (nSPS) is 14.5. The van der Waals surface area contributed by atoms with Gasteiger partial charge in [-0.05, 0) is 44.5 Å². The van der Waals surface area contributed by atoms with Gasteiger partial charge in [0, 0.05) is 5.56 Å². The van der Waals surface area contributed by atoms with Gasteiger partial charge in [-0.15, -0.1) is 0 Å². The number of hydrogen-bond acceptors (Lipinski definition) is 4. The molecule has 4 nitrogen and oxygen atoms in total. The third kappa shape index (κ3) is 3.08. The maximum absolute atomic E-state index is 12.5. The number of Topliss-reactive ketones (excluding diaryl/α,β-unsaturated/α-hetero) is 2. The first-order valence-corrected chi connectivity index (χ1v) is 7.72. The van der Waals surface area contributed by atoms with Crippen molar-refractivity contribution in [2.75, 3.05) is 6.61 Å². The summed E-state index contributed by atoms with van der Waals surface area (Å²) in [5.41, 5.74) is 3.26. The van der Waals surface area contributed by atoms with E-state index in [1.54, 1.807) is 18.2 Å². The molecule has 0 fully saturated rings. The quantitative estimate of drug-likeness (QED) is 0.801. The number of ketones is 2. The molecule has 0 aromatic heterocycles. The summed E-state index contributed by atoms with van der Waals surface area (Å²) in [6.45, 7) is 5.28. The summed E-state index contributed by atoms with van der Waals surface area (Å²) >= 11 is 0. The molecule has 122 valence electrons. The van der Waals surface area contributed by atoms with Gasteiger partial charge in [0.25, 0.3) is 0 Å². The van der Waals surface area contributed by atoms with Crippen LogP contribution in [0.3, 0.4) is 0 Å². The van der Waals surface area contributed by atoms with Crippen molar-refractivity contribution < 1.29 is 19.1 Å². The molecule has 24 heavy (non-hydrogen) atoms. The fraction of sp³-hybridized carbons (Fsp3) is 0.200. The minimum atomic E-state index is -0.146. The topological polar surface area (TPSA) is 52.6 Å². The fourth-order valence-corrected chi connectivity index (χ4v) is 2.62. The SMILES string of the molecule is CC(=O)COc1ccc2c(c1C)O/C(=C\c1cccc(C)c1)C2=O. The molecule has 0 saturated heterocycles. The highest BCUT2D eigenvalue weighted by molar-refractivity contribution is 6.15. The molecule has 0 atom stereocenters. The zero-order valence-electron chi connectivity index (χ0n) is 13.9. The Morgan fingerprint density at radius 1 is 1.21 bits per heavy atom. The van der Waals surface area contributed by atoms with Gasteiger partial charge in [-0.2, -0.15) is 0 Å². The summed E-state index contributed by atoms with van der Waals surface area (Å²) in [4.78, 5) is 23.6. The minimum absolute atomic E-state index is 0.000435. The van der Waals surface area contributed by atoms with Crippen molar-refractivity contribution in [3.8, 4) is 11.5 Å². The van der Waals surface area contributed by atoms with E-state index >= 15 is 0 Å². The number of benzene rings is 2. The summed E-state index contributed by atoms with van der Waals surface area (Å²) in [7, 11) is 0. The van der Waals surface area contributed by atoms with Gasteiger partial charge in [-0.3, -0.25) is 9.59 Å². The smallest absolute Gasteiger partial charge is 0.231 e. The fourth-order valence-electron chi connectivity index (χ4n) is 2.62. The number of rotatable bonds is 4. The average Bonchev–Trinajstić information content (AvgIpc) is 2.84. The lowest BCUT2D eigenvalue weighted by Crippen LogP contribution is -2.07. The van der Waals surface area contributed by atoms with Crippen molar-refractivity contribution in [1.29, 1.82) is 0 Å². The first-order chi connectivity index (χ1) is 11.5. The number of fused-ring (bicyclic) bond motifs is 1. The molecule has 2 aromatic carbocycles. The van der Waals surface area contributed by atoms with E-state index in [9.17, 15) is 9.59 Å². The van der Waals surface area contributed by atoms with Crippen molar-refractivity contribution in [3.05, 3.63) is 64.4 Å². The van der Waals surface area contributed by atoms with Gasteiger partial charge < -0.3 is 9.47 Å². The second kappa shape index (κ2) is 6.32. The second-order valence-corrected chi connectivity index (χ2v) is 5.91. The van der Waals surface area contributed by atoms with E-state index in [1.807, 2.05) is 38.1 Å². The van der Waals surface area contributed by atoms with Crippen LogP contribution in [0.25, 0.3) is 6.08 Å². The highest BCUT2D eigenvalue weighted by Crippen LogP contribution is 2.39. The van der Waals surface area contributed by atoms with Crippen LogP contribution in [-0.2, 0) is 4.79 Å². The minimum Gasteiger partial charge on any atom is -0.485 e. The van der Waals surface area contributed by atoms with E-state index in [0.29, 0.717) is 22.8 Å². The van der Waals surface area contributed by atoms with Gasteiger partial charge in [-0.25, -0.2) is 0 Å². The van der Waals surface area contributed by atoms with Crippen LogP contribution in [0.4, 0.5) is 0 Å². The van der Waals surface area contributed by atoms with Gasteiger partial charge in [-0.1, -0.05) is 29.8 Å². The van der Waals surface area contributed by atoms with Gasteiger partial charge in [0.2, 0.25) is 5.78 Å². The first kappa shape index (κ1) is 16.0. The molecular weight excluding hydrogens is 304 g/mol. The van der Waals surface area contributed by atoms with E-state index in [-0.39, 0.29) is 18.2 Å². The number of carbonyl (C=O) groups excluding carboxylic acids is 2. The predicted octanol–water partition coefficient (Wildman–Crippen LogP) is 3.89. The van der Waals surface area contributed by atoms with Gasteiger partial charge in [0.1, 0.15) is 18.1 Å². The van der Waals surface area contributed by atoms with E-state index in [1.165, 1.54) is 6.92 Å². The first-order valence-electron chi connectivity index (χ1n) is 7.72. The highest BCUT2D eigenvalue weighted by Gasteiger charge is 2.30.